The van der Waals surface area contributed by atoms with Crippen molar-refractivity contribution >= 4 is 17.7 Å². The van der Waals surface area contributed by atoms with Gasteiger partial charge in [0.05, 0.1) is 11.0 Å². The molecule has 1 N–H and O–H groups in total. The van der Waals surface area contributed by atoms with Gasteiger partial charge in [0.25, 0.3) is 0 Å². The Morgan fingerprint density at radius 1 is 0.769 bits per heavy atom. The summed E-state index contributed by atoms with van der Waals surface area (Å²) in [6.07, 6.45) is 0.859. The van der Waals surface area contributed by atoms with Gasteiger partial charge in [0.2, 0.25) is 5.91 Å². The first-order valence-corrected chi connectivity index (χ1v) is 9.90. The minimum atomic E-state index is 0.0859. The predicted molar refractivity (Wildman–Crippen MR) is 110 cm³/mol. The summed E-state index contributed by atoms with van der Waals surface area (Å²) < 4.78 is 0. The van der Waals surface area contributed by atoms with Gasteiger partial charge in [-0.25, -0.2) is 0 Å². The van der Waals surface area contributed by atoms with Gasteiger partial charge in [0.15, 0.2) is 0 Å². The van der Waals surface area contributed by atoms with Crippen molar-refractivity contribution in [1.29, 1.82) is 0 Å². The lowest BCUT2D eigenvalue weighted by Gasteiger charge is -2.17. The molecule has 0 aromatic heterocycles. The maximum absolute atomic E-state index is 12.3. The van der Waals surface area contributed by atoms with Crippen molar-refractivity contribution in [2.75, 3.05) is 12.3 Å². The number of amides is 1. The number of hydrogen-bond donors (Lipinski definition) is 1. The average Bonchev–Trinajstić information content (AvgIpc) is 2.71. The molecule has 0 saturated heterocycles. The molecule has 1 amide bonds. The van der Waals surface area contributed by atoms with Crippen LogP contribution in [0.3, 0.4) is 0 Å². The molecule has 0 fully saturated rings. The van der Waals surface area contributed by atoms with Crippen molar-refractivity contribution in [2.24, 2.45) is 0 Å². The highest BCUT2D eigenvalue weighted by molar-refractivity contribution is 8.00. The Balaban J connectivity index is 1.55. The lowest BCUT2D eigenvalue weighted by molar-refractivity contribution is -0.118. The number of benzene rings is 3. The third-order valence-electron chi connectivity index (χ3n) is 4.16. The van der Waals surface area contributed by atoms with Gasteiger partial charge in [0, 0.05) is 6.54 Å². The van der Waals surface area contributed by atoms with Crippen LogP contribution in [0, 0.1) is 0 Å². The molecule has 132 valence electrons. The van der Waals surface area contributed by atoms with Gasteiger partial charge in [-0.05, 0) is 23.1 Å². The molecule has 0 aliphatic rings. The molecule has 0 atom stereocenters. The predicted octanol–water partition coefficient (Wildman–Crippen LogP) is 4.87. The Bertz CT molecular complexity index is 751. The first-order chi connectivity index (χ1) is 12.8. The largest absolute Gasteiger partial charge is 0.355 e. The van der Waals surface area contributed by atoms with Crippen LogP contribution >= 0.6 is 11.8 Å². The number of hydrogen-bond acceptors (Lipinski definition) is 2. The Morgan fingerprint density at radius 2 is 1.27 bits per heavy atom. The van der Waals surface area contributed by atoms with Crippen molar-refractivity contribution in [3.8, 4) is 0 Å². The van der Waals surface area contributed by atoms with Crippen LogP contribution in [0.2, 0.25) is 0 Å². The normalized spacial score (nSPS) is 10.7. The molecular formula is C23H23NOS. The van der Waals surface area contributed by atoms with Gasteiger partial charge in [-0.2, -0.15) is 0 Å². The molecule has 3 aromatic carbocycles. The van der Waals surface area contributed by atoms with Crippen LogP contribution in [0.4, 0.5) is 0 Å². The molecule has 0 spiro atoms. The van der Waals surface area contributed by atoms with Crippen LogP contribution in [-0.2, 0) is 11.2 Å². The van der Waals surface area contributed by atoms with Gasteiger partial charge >= 0.3 is 0 Å². The summed E-state index contributed by atoms with van der Waals surface area (Å²) in [6.45, 7) is 0.671. The Kier molecular flexibility index (Phi) is 6.91. The van der Waals surface area contributed by atoms with Crippen LogP contribution < -0.4 is 5.32 Å². The van der Waals surface area contributed by atoms with Crippen LogP contribution in [0.25, 0.3) is 0 Å². The van der Waals surface area contributed by atoms with E-state index in [1.54, 1.807) is 11.8 Å². The third kappa shape index (κ3) is 5.50. The highest BCUT2D eigenvalue weighted by Gasteiger charge is 2.16. The number of carbonyl (C=O) groups excluding carboxylic acids is 1. The summed E-state index contributed by atoms with van der Waals surface area (Å²) in [5, 5.41) is 3.19. The van der Waals surface area contributed by atoms with E-state index in [2.05, 4.69) is 41.7 Å². The molecule has 3 heteroatoms. The van der Waals surface area contributed by atoms with Crippen LogP contribution in [0.5, 0.6) is 0 Å². The molecule has 3 aromatic rings. The summed E-state index contributed by atoms with van der Waals surface area (Å²) in [7, 11) is 0. The van der Waals surface area contributed by atoms with Crippen LogP contribution in [-0.4, -0.2) is 18.2 Å². The summed E-state index contributed by atoms with van der Waals surface area (Å²) >= 11 is 1.67. The monoisotopic (exact) mass is 361 g/mol. The third-order valence-corrected chi connectivity index (χ3v) is 5.47. The second-order valence-electron chi connectivity index (χ2n) is 6.10. The molecule has 2 nitrogen and oxygen atoms in total. The van der Waals surface area contributed by atoms with E-state index in [0.29, 0.717) is 12.3 Å². The highest BCUT2D eigenvalue weighted by Crippen LogP contribution is 2.35. The maximum Gasteiger partial charge on any atom is 0.230 e. The average molecular weight is 362 g/mol. The van der Waals surface area contributed by atoms with E-state index in [0.717, 1.165) is 6.42 Å². The second-order valence-corrected chi connectivity index (χ2v) is 7.19. The quantitative estimate of drug-likeness (QED) is 0.620. The van der Waals surface area contributed by atoms with Crippen molar-refractivity contribution < 1.29 is 4.79 Å². The lowest BCUT2D eigenvalue weighted by Crippen LogP contribution is -2.27. The van der Waals surface area contributed by atoms with Crippen molar-refractivity contribution in [3.05, 3.63) is 108 Å². The maximum atomic E-state index is 12.3. The van der Waals surface area contributed by atoms with E-state index in [9.17, 15) is 4.79 Å². The van der Waals surface area contributed by atoms with Crippen molar-refractivity contribution in [1.82, 2.24) is 5.32 Å². The zero-order valence-corrected chi connectivity index (χ0v) is 15.5. The fourth-order valence-electron chi connectivity index (χ4n) is 2.84. The number of nitrogens with one attached hydrogen (secondary N) is 1. The Labute approximate surface area is 159 Å². The molecule has 0 unspecified atom stereocenters. The van der Waals surface area contributed by atoms with E-state index < -0.39 is 0 Å². The van der Waals surface area contributed by atoms with E-state index in [1.165, 1.54) is 16.7 Å². The highest BCUT2D eigenvalue weighted by atomic mass is 32.2. The minimum absolute atomic E-state index is 0.0859. The minimum Gasteiger partial charge on any atom is -0.355 e. The first kappa shape index (κ1) is 18.3. The zero-order valence-electron chi connectivity index (χ0n) is 14.7. The Hall–Kier alpha value is -2.52. The van der Waals surface area contributed by atoms with Gasteiger partial charge in [0.1, 0.15) is 0 Å². The van der Waals surface area contributed by atoms with Crippen LogP contribution in [0.15, 0.2) is 91.0 Å². The number of rotatable bonds is 8. The molecule has 0 aliphatic carbocycles. The SMILES string of the molecule is O=C(CSC(c1ccccc1)c1ccccc1)NCCc1ccccc1. The van der Waals surface area contributed by atoms with E-state index in [4.69, 9.17) is 0 Å². The molecule has 0 saturated carbocycles. The fraction of sp³-hybridized carbons (Fsp3) is 0.174. The molecular weight excluding hydrogens is 338 g/mol. The van der Waals surface area contributed by atoms with Gasteiger partial charge in [-0.15, -0.1) is 11.8 Å². The van der Waals surface area contributed by atoms with Gasteiger partial charge in [-0.1, -0.05) is 91.0 Å². The van der Waals surface area contributed by atoms with E-state index in [-0.39, 0.29) is 11.2 Å². The molecule has 0 bridgehead atoms. The molecule has 26 heavy (non-hydrogen) atoms. The summed E-state index contributed by atoms with van der Waals surface area (Å²) in [5.74, 6) is 0.534. The second kappa shape index (κ2) is 9.83. The van der Waals surface area contributed by atoms with Gasteiger partial charge in [-0.3, -0.25) is 4.79 Å². The summed E-state index contributed by atoms with van der Waals surface area (Å²) in [6, 6.07) is 30.9. The zero-order chi connectivity index (χ0) is 18.0. The molecule has 3 rings (SSSR count). The number of carbonyl (C=O) groups is 1. The number of thioether (sulfide) groups is 1. The van der Waals surface area contributed by atoms with E-state index in [1.807, 2.05) is 54.6 Å². The lowest BCUT2D eigenvalue weighted by atomic mass is 10.0. The molecule has 0 heterocycles. The van der Waals surface area contributed by atoms with Crippen molar-refractivity contribution in [3.63, 3.8) is 0 Å². The topological polar surface area (TPSA) is 29.1 Å². The van der Waals surface area contributed by atoms with Gasteiger partial charge < -0.3 is 5.32 Å². The first-order valence-electron chi connectivity index (χ1n) is 8.85. The van der Waals surface area contributed by atoms with Crippen LogP contribution in [0.1, 0.15) is 21.9 Å². The standard InChI is InChI=1S/C23H23NOS/c25-22(24-17-16-19-10-4-1-5-11-19)18-26-23(20-12-6-2-7-13-20)21-14-8-3-9-15-21/h1-15,23H,16-18H2,(H,24,25). The summed E-state index contributed by atoms with van der Waals surface area (Å²) in [5.41, 5.74) is 3.69. The van der Waals surface area contributed by atoms with Crippen molar-refractivity contribution in [2.45, 2.75) is 11.7 Å². The van der Waals surface area contributed by atoms with E-state index >= 15 is 0 Å². The fourth-order valence-corrected chi connectivity index (χ4v) is 3.96. The Morgan fingerprint density at radius 3 is 1.81 bits per heavy atom. The summed E-state index contributed by atoms with van der Waals surface area (Å²) in [4.78, 5) is 12.3. The molecule has 0 radical (unpaired) electrons. The smallest absolute Gasteiger partial charge is 0.230 e. The molecule has 0 aliphatic heterocycles.